The fourth-order valence-corrected chi connectivity index (χ4v) is 5.23. The predicted molar refractivity (Wildman–Crippen MR) is 65.0 cm³/mol. The van der Waals surface area contributed by atoms with Crippen LogP contribution in [0.5, 0.6) is 0 Å². The Morgan fingerprint density at radius 3 is 2.75 bits per heavy atom. The average molecular weight is 218 g/mol. The number of hydrogen-bond acceptors (Lipinski definition) is 1. The largest absolute Gasteiger partial charge is 0.298 e. The van der Waals surface area contributed by atoms with Gasteiger partial charge >= 0.3 is 0 Å². The molecule has 16 heavy (non-hydrogen) atoms. The lowest BCUT2D eigenvalue weighted by atomic mass is 9.59. The highest BCUT2D eigenvalue weighted by molar-refractivity contribution is 5.75. The third-order valence-corrected chi connectivity index (χ3v) is 6.72. The van der Waals surface area contributed by atoms with Crippen molar-refractivity contribution in [2.24, 2.45) is 22.2 Å². The Morgan fingerprint density at radius 2 is 2.06 bits per heavy atom. The zero-order valence-corrected chi connectivity index (χ0v) is 10.7. The van der Waals surface area contributed by atoms with E-state index < -0.39 is 0 Å². The van der Waals surface area contributed by atoms with E-state index in [0.717, 1.165) is 18.3 Å². The van der Waals surface area contributed by atoms with Gasteiger partial charge in [-0.05, 0) is 53.4 Å². The SMILES string of the molecule is CC12CC=C(C=O)C(C1)C1(C)CCCC21C. The second kappa shape index (κ2) is 2.80. The number of allylic oxidation sites excluding steroid dienone is 2. The summed E-state index contributed by atoms with van der Waals surface area (Å²) in [5, 5.41) is 0. The van der Waals surface area contributed by atoms with Crippen molar-refractivity contribution in [3.8, 4) is 0 Å². The molecular weight excluding hydrogens is 196 g/mol. The smallest absolute Gasteiger partial charge is 0.146 e. The van der Waals surface area contributed by atoms with Crippen molar-refractivity contribution < 1.29 is 4.79 Å². The summed E-state index contributed by atoms with van der Waals surface area (Å²) in [5.41, 5.74) is 2.37. The highest BCUT2D eigenvalue weighted by Crippen LogP contribution is 2.75. The third-order valence-electron chi connectivity index (χ3n) is 6.72. The van der Waals surface area contributed by atoms with Crippen LogP contribution in [0.2, 0.25) is 0 Å². The summed E-state index contributed by atoms with van der Waals surface area (Å²) in [6.07, 6.45) is 9.74. The molecule has 0 radical (unpaired) electrons. The quantitative estimate of drug-likeness (QED) is 0.613. The standard InChI is InChI=1S/C15H22O/c1-13-8-5-11(10-16)12(9-13)14(2)6-4-7-15(13,14)3/h5,10,12H,4,6-9H2,1-3H3. The highest BCUT2D eigenvalue weighted by atomic mass is 16.1. The molecule has 2 fully saturated rings. The van der Waals surface area contributed by atoms with Crippen molar-refractivity contribution in [3.63, 3.8) is 0 Å². The van der Waals surface area contributed by atoms with Crippen LogP contribution in [-0.2, 0) is 4.79 Å². The van der Waals surface area contributed by atoms with Gasteiger partial charge in [-0.2, -0.15) is 0 Å². The Bertz CT molecular complexity index is 383. The first-order chi connectivity index (χ1) is 7.47. The molecule has 1 nitrogen and oxygen atoms in total. The monoisotopic (exact) mass is 218 g/mol. The van der Waals surface area contributed by atoms with Gasteiger partial charge in [-0.3, -0.25) is 4.79 Å². The molecule has 0 N–H and O–H groups in total. The van der Waals surface area contributed by atoms with Crippen LogP contribution in [0.3, 0.4) is 0 Å². The van der Waals surface area contributed by atoms with Gasteiger partial charge in [0.05, 0.1) is 0 Å². The Balaban J connectivity index is 2.16. The van der Waals surface area contributed by atoms with Crippen molar-refractivity contribution >= 4 is 6.29 Å². The number of aldehydes is 1. The second-order valence-corrected chi connectivity index (χ2v) is 6.95. The van der Waals surface area contributed by atoms with Gasteiger partial charge in [0.15, 0.2) is 0 Å². The van der Waals surface area contributed by atoms with Crippen LogP contribution in [0.4, 0.5) is 0 Å². The van der Waals surface area contributed by atoms with Gasteiger partial charge in [-0.25, -0.2) is 0 Å². The van der Waals surface area contributed by atoms with E-state index in [-0.39, 0.29) is 0 Å². The molecule has 1 heteroatoms. The van der Waals surface area contributed by atoms with E-state index in [0.29, 0.717) is 22.2 Å². The van der Waals surface area contributed by atoms with Crippen molar-refractivity contribution in [2.75, 3.05) is 0 Å². The number of hydrogen-bond donors (Lipinski definition) is 0. The number of carbonyl (C=O) groups excluding carboxylic acids is 1. The first kappa shape index (κ1) is 10.6. The van der Waals surface area contributed by atoms with Gasteiger partial charge < -0.3 is 0 Å². The molecule has 3 rings (SSSR count). The summed E-state index contributed by atoms with van der Waals surface area (Å²) >= 11 is 0. The molecule has 0 amide bonds. The van der Waals surface area contributed by atoms with E-state index in [1.807, 2.05) is 0 Å². The molecule has 0 aliphatic heterocycles. The minimum Gasteiger partial charge on any atom is -0.298 e. The molecule has 3 aliphatic carbocycles. The number of rotatable bonds is 1. The van der Waals surface area contributed by atoms with Gasteiger partial charge in [-0.15, -0.1) is 0 Å². The molecule has 0 spiro atoms. The van der Waals surface area contributed by atoms with E-state index in [9.17, 15) is 4.79 Å². The summed E-state index contributed by atoms with van der Waals surface area (Å²) in [5.74, 6) is 0.538. The zero-order valence-electron chi connectivity index (χ0n) is 10.7. The van der Waals surface area contributed by atoms with E-state index >= 15 is 0 Å². The fourth-order valence-electron chi connectivity index (χ4n) is 5.23. The molecule has 0 aromatic carbocycles. The molecule has 0 aromatic rings. The molecule has 2 bridgehead atoms. The maximum Gasteiger partial charge on any atom is 0.146 e. The van der Waals surface area contributed by atoms with Gasteiger partial charge in [0, 0.05) is 0 Å². The van der Waals surface area contributed by atoms with E-state index in [1.54, 1.807) is 0 Å². The normalized spacial score (nSPS) is 54.7. The molecule has 0 aromatic heterocycles. The summed E-state index contributed by atoms with van der Waals surface area (Å²) in [6.45, 7) is 7.38. The lowest BCUT2D eigenvalue weighted by molar-refractivity contribution is -0.105. The molecule has 4 unspecified atom stereocenters. The van der Waals surface area contributed by atoms with Crippen molar-refractivity contribution in [2.45, 2.75) is 52.9 Å². The molecule has 4 atom stereocenters. The fraction of sp³-hybridized carbons (Fsp3) is 0.800. The van der Waals surface area contributed by atoms with Gasteiger partial charge in [-0.1, -0.05) is 33.3 Å². The topological polar surface area (TPSA) is 17.1 Å². The molecular formula is C15H22O. The summed E-state index contributed by atoms with van der Waals surface area (Å²) in [4.78, 5) is 11.2. The maximum atomic E-state index is 11.2. The van der Waals surface area contributed by atoms with Crippen LogP contribution in [0.25, 0.3) is 0 Å². The lowest BCUT2D eigenvalue weighted by Crippen LogP contribution is -2.38. The minimum atomic E-state index is 0.380. The first-order valence-electron chi connectivity index (χ1n) is 6.62. The van der Waals surface area contributed by atoms with Crippen molar-refractivity contribution in [1.82, 2.24) is 0 Å². The maximum absolute atomic E-state index is 11.2. The minimum absolute atomic E-state index is 0.380. The van der Waals surface area contributed by atoms with E-state index in [2.05, 4.69) is 26.8 Å². The molecule has 3 aliphatic rings. The molecule has 0 saturated heterocycles. The Kier molecular flexibility index (Phi) is 1.85. The van der Waals surface area contributed by atoms with Gasteiger partial charge in [0.2, 0.25) is 0 Å². The summed E-state index contributed by atoms with van der Waals surface area (Å²) in [7, 11) is 0. The van der Waals surface area contributed by atoms with Crippen molar-refractivity contribution in [3.05, 3.63) is 11.6 Å². The Labute approximate surface area is 98.3 Å². The third kappa shape index (κ3) is 0.881. The first-order valence-corrected chi connectivity index (χ1v) is 6.62. The summed E-state index contributed by atoms with van der Waals surface area (Å²) < 4.78 is 0. The van der Waals surface area contributed by atoms with Crippen LogP contribution >= 0.6 is 0 Å². The second-order valence-electron chi connectivity index (χ2n) is 6.95. The Hall–Kier alpha value is -0.590. The zero-order chi connectivity index (χ0) is 11.6. The highest BCUT2D eigenvalue weighted by Gasteiger charge is 2.67. The summed E-state index contributed by atoms with van der Waals surface area (Å²) in [6, 6.07) is 0. The van der Waals surface area contributed by atoms with Gasteiger partial charge in [0.1, 0.15) is 6.29 Å². The van der Waals surface area contributed by atoms with Gasteiger partial charge in [0.25, 0.3) is 0 Å². The Morgan fingerprint density at radius 1 is 1.31 bits per heavy atom. The number of fused-ring (bicyclic) bond motifs is 5. The van der Waals surface area contributed by atoms with E-state index in [4.69, 9.17) is 0 Å². The molecule has 2 saturated carbocycles. The molecule has 0 heterocycles. The van der Waals surface area contributed by atoms with Crippen molar-refractivity contribution in [1.29, 1.82) is 0 Å². The number of carbonyl (C=O) groups is 1. The van der Waals surface area contributed by atoms with E-state index in [1.165, 1.54) is 25.7 Å². The van der Waals surface area contributed by atoms with Crippen LogP contribution in [0.15, 0.2) is 11.6 Å². The van der Waals surface area contributed by atoms with Crippen LogP contribution in [0.1, 0.15) is 52.9 Å². The average Bonchev–Trinajstić information content (AvgIpc) is 2.63. The van der Waals surface area contributed by atoms with Crippen LogP contribution in [-0.4, -0.2) is 6.29 Å². The predicted octanol–water partition coefficient (Wildman–Crippen LogP) is 3.74. The van der Waals surface area contributed by atoms with Crippen LogP contribution in [0, 0.1) is 22.2 Å². The lowest BCUT2D eigenvalue weighted by Gasteiger charge is -2.45. The molecule has 88 valence electrons. The van der Waals surface area contributed by atoms with Crippen LogP contribution < -0.4 is 0 Å².